The van der Waals surface area contributed by atoms with E-state index in [-0.39, 0.29) is 5.69 Å². The van der Waals surface area contributed by atoms with Crippen molar-refractivity contribution in [3.63, 3.8) is 0 Å². The number of piperazine rings is 1. The molecule has 10 nitrogen and oxygen atoms in total. The second-order valence-corrected chi connectivity index (χ2v) is 5.97. The molecular formula is C16H17N9O. The van der Waals surface area contributed by atoms with Crippen LogP contribution in [-0.4, -0.2) is 56.5 Å². The number of aromatic nitrogens is 5. The second-order valence-electron chi connectivity index (χ2n) is 5.97. The van der Waals surface area contributed by atoms with E-state index in [4.69, 9.17) is 5.26 Å². The van der Waals surface area contributed by atoms with E-state index in [1.165, 1.54) is 15.4 Å². The highest BCUT2D eigenvalue weighted by Gasteiger charge is 2.18. The number of anilines is 2. The standard InChI is InChI=1S/C16H17N9O/c1-23-10-12(11(8-17)21-23)20-16(26)13-9-19-14-2-3-15(22-25(13)14)24-6-4-18-5-7-24/h2-3,9-10,18H,4-7H2,1H3,(H,20,26). The zero-order valence-corrected chi connectivity index (χ0v) is 14.2. The van der Waals surface area contributed by atoms with Gasteiger partial charge in [0.1, 0.15) is 11.9 Å². The summed E-state index contributed by atoms with van der Waals surface area (Å²) < 4.78 is 3.00. The van der Waals surface area contributed by atoms with Crippen molar-refractivity contribution in [1.29, 1.82) is 5.26 Å². The predicted octanol–water partition coefficient (Wildman–Crippen LogP) is -0.00362. The predicted molar refractivity (Wildman–Crippen MR) is 93.9 cm³/mol. The summed E-state index contributed by atoms with van der Waals surface area (Å²) >= 11 is 0. The zero-order chi connectivity index (χ0) is 18.1. The van der Waals surface area contributed by atoms with E-state index < -0.39 is 5.91 Å². The van der Waals surface area contributed by atoms with Gasteiger partial charge in [0.25, 0.3) is 5.91 Å². The van der Waals surface area contributed by atoms with E-state index in [9.17, 15) is 4.79 Å². The SMILES string of the molecule is Cn1cc(NC(=O)c2cnc3ccc(N4CCNCC4)nn23)c(C#N)n1. The second kappa shape index (κ2) is 6.45. The molecule has 10 heteroatoms. The Balaban J connectivity index is 1.65. The Hall–Kier alpha value is -3.45. The van der Waals surface area contributed by atoms with Gasteiger partial charge in [-0.1, -0.05) is 0 Å². The molecule has 4 rings (SSSR count). The summed E-state index contributed by atoms with van der Waals surface area (Å²) in [5.74, 6) is 0.400. The van der Waals surface area contributed by atoms with Crippen LogP contribution >= 0.6 is 0 Å². The van der Waals surface area contributed by atoms with Gasteiger partial charge in [-0.15, -0.1) is 5.10 Å². The summed E-state index contributed by atoms with van der Waals surface area (Å²) in [6.07, 6.45) is 3.06. The Bertz CT molecular complexity index is 1010. The van der Waals surface area contributed by atoms with Crippen molar-refractivity contribution >= 4 is 23.1 Å². The highest BCUT2D eigenvalue weighted by Crippen LogP contribution is 2.16. The molecule has 3 aromatic heterocycles. The first-order valence-corrected chi connectivity index (χ1v) is 8.21. The molecule has 1 aliphatic rings. The molecule has 0 saturated carbocycles. The topological polar surface area (TPSA) is 116 Å². The van der Waals surface area contributed by atoms with Gasteiger partial charge in [-0.05, 0) is 12.1 Å². The van der Waals surface area contributed by atoms with Gasteiger partial charge in [-0.3, -0.25) is 9.48 Å². The van der Waals surface area contributed by atoms with E-state index in [0.29, 0.717) is 17.0 Å². The third-order valence-corrected chi connectivity index (χ3v) is 4.20. The summed E-state index contributed by atoms with van der Waals surface area (Å²) in [5, 5.41) is 23.7. The van der Waals surface area contributed by atoms with Crippen LogP contribution in [0.3, 0.4) is 0 Å². The van der Waals surface area contributed by atoms with Crippen LogP contribution in [0.5, 0.6) is 0 Å². The molecule has 132 valence electrons. The molecule has 0 bridgehead atoms. The third kappa shape index (κ3) is 2.84. The summed E-state index contributed by atoms with van der Waals surface area (Å²) in [6.45, 7) is 3.51. The fourth-order valence-corrected chi connectivity index (χ4v) is 2.93. The van der Waals surface area contributed by atoms with Gasteiger partial charge in [-0.2, -0.15) is 10.4 Å². The van der Waals surface area contributed by atoms with E-state index in [2.05, 4.69) is 30.7 Å². The van der Waals surface area contributed by atoms with Crippen molar-refractivity contribution in [3.8, 4) is 6.07 Å². The number of amides is 1. The van der Waals surface area contributed by atoms with Crippen LogP contribution in [0.25, 0.3) is 5.65 Å². The van der Waals surface area contributed by atoms with Gasteiger partial charge < -0.3 is 15.5 Å². The lowest BCUT2D eigenvalue weighted by atomic mass is 10.3. The first-order chi connectivity index (χ1) is 12.7. The lowest BCUT2D eigenvalue weighted by Gasteiger charge is -2.28. The highest BCUT2D eigenvalue weighted by molar-refractivity contribution is 6.03. The van der Waals surface area contributed by atoms with Gasteiger partial charge in [-0.25, -0.2) is 9.50 Å². The van der Waals surface area contributed by atoms with Gasteiger partial charge in [0.05, 0.1) is 11.9 Å². The van der Waals surface area contributed by atoms with Crippen LogP contribution in [0.1, 0.15) is 16.2 Å². The number of carbonyl (C=O) groups excluding carboxylic acids is 1. The fraction of sp³-hybridized carbons (Fsp3) is 0.312. The number of nitriles is 1. The van der Waals surface area contributed by atoms with Crippen molar-refractivity contribution in [3.05, 3.63) is 35.9 Å². The maximum absolute atomic E-state index is 12.7. The van der Waals surface area contributed by atoms with Crippen LogP contribution in [0, 0.1) is 11.3 Å². The number of hydrogen-bond donors (Lipinski definition) is 2. The molecule has 0 radical (unpaired) electrons. The smallest absolute Gasteiger partial charge is 0.276 e. The number of hydrogen-bond acceptors (Lipinski definition) is 7. The van der Waals surface area contributed by atoms with Gasteiger partial charge in [0.2, 0.25) is 0 Å². The number of imidazole rings is 1. The van der Waals surface area contributed by atoms with Crippen molar-refractivity contribution in [2.24, 2.45) is 7.05 Å². The molecule has 2 N–H and O–H groups in total. The van der Waals surface area contributed by atoms with E-state index >= 15 is 0 Å². The summed E-state index contributed by atoms with van der Waals surface area (Å²) in [7, 11) is 1.69. The number of carbonyl (C=O) groups is 1. The maximum Gasteiger partial charge on any atom is 0.276 e. The Kier molecular flexibility index (Phi) is 3.98. The average Bonchev–Trinajstić information content (AvgIpc) is 3.24. The molecule has 0 aliphatic carbocycles. The Morgan fingerprint density at radius 3 is 2.88 bits per heavy atom. The monoisotopic (exact) mass is 351 g/mol. The van der Waals surface area contributed by atoms with Gasteiger partial charge in [0, 0.05) is 39.4 Å². The Labute approximate surface area is 149 Å². The summed E-state index contributed by atoms with van der Waals surface area (Å²) in [4.78, 5) is 19.1. The normalized spacial score (nSPS) is 14.4. The highest BCUT2D eigenvalue weighted by atomic mass is 16.2. The first-order valence-electron chi connectivity index (χ1n) is 8.21. The first kappa shape index (κ1) is 16.0. The molecule has 0 unspecified atom stereocenters. The minimum atomic E-state index is -0.396. The number of rotatable bonds is 3. The lowest BCUT2D eigenvalue weighted by Crippen LogP contribution is -2.44. The molecule has 0 spiro atoms. The number of nitrogens with zero attached hydrogens (tertiary/aromatic N) is 7. The molecule has 0 atom stereocenters. The van der Waals surface area contributed by atoms with Crippen LogP contribution in [0.4, 0.5) is 11.5 Å². The van der Waals surface area contributed by atoms with E-state index in [1.54, 1.807) is 13.2 Å². The minimum absolute atomic E-state index is 0.157. The molecular weight excluding hydrogens is 334 g/mol. The molecule has 4 heterocycles. The largest absolute Gasteiger partial charge is 0.353 e. The number of nitrogens with one attached hydrogen (secondary N) is 2. The van der Waals surface area contributed by atoms with E-state index in [1.807, 2.05) is 18.2 Å². The van der Waals surface area contributed by atoms with Crippen LogP contribution in [-0.2, 0) is 7.05 Å². The van der Waals surface area contributed by atoms with Gasteiger partial charge in [0.15, 0.2) is 17.0 Å². The molecule has 3 aromatic rings. The van der Waals surface area contributed by atoms with Crippen molar-refractivity contribution in [2.75, 3.05) is 36.4 Å². The van der Waals surface area contributed by atoms with Crippen LogP contribution < -0.4 is 15.5 Å². The molecule has 26 heavy (non-hydrogen) atoms. The third-order valence-electron chi connectivity index (χ3n) is 4.20. The van der Waals surface area contributed by atoms with E-state index in [0.717, 1.165) is 32.0 Å². The minimum Gasteiger partial charge on any atom is -0.353 e. The molecule has 1 amide bonds. The van der Waals surface area contributed by atoms with Crippen LogP contribution in [0.15, 0.2) is 24.5 Å². The summed E-state index contributed by atoms with van der Waals surface area (Å²) in [6, 6.07) is 5.71. The summed E-state index contributed by atoms with van der Waals surface area (Å²) in [5.41, 5.74) is 1.39. The number of fused-ring (bicyclic) bond motifs is 1. The fourth-order valence-electron chi connectivity index (χ4n) is 2.93. The maximum atomic E-state index is 12.7. The Morgan fingerprint density at radius 2 is 2.12 bits per heavy atom. The lowest BCUT2D eigenvalue weighted by molar-refractivity contribution is 0.102. The quantitative estimate of drug-likeness (QED) is 0.682. The Morgan fingerprint density at radius 1 is 1.31 bits per heavy atom. The molecule has 1 fully saturated rings. The molecule has 1 saturated heterocycles. The molecule has 0 aromatic carbocycles. The molecule has 1 aliphatic heterocycles. The van der Waals surface area contributed by atoms with Gasteiger partial charge >= 0.3 is 0 Å². The zero-order valence-electron chi connectivity index (χ0n) is 14.2. The van der Waals surface area contributed by atoms with Crippen LogP contribution in [0.2, 0.25) is 0 Å². The number of aryl methyl sites for hydroxylation is 1. The van der Waals surface area contributed by atoms with Crippen molar-refractivity contribution in [2.45, 2.75) is 0 Å². The van der Waals surface area contributed by atoms with Crippen molar-refractivity contribution in [1.82, 2.24) is 29.7 Å². The average molecular weight is 351 g/mol. The van der Waals surface area contributed by atoms with Crippen molar-refractivity contribution < 1.29 is 4.79 Å².